The molecule has 0 aliphatic heterocycles. The van der Waals surface area contributed by atoms with Crippen LogP contribution >= 0.6 is 0 Å². The highest BCUT2D eigenvalue weighted by atomic mass is 16.5. The zero-order chi connectivity index (χ0) is 20.6. The molecule has 3 aromatic rings. The summed E-state index contributed by atoms with van der Waals surface area (Å²) in [5.41, 5.74) is 2.53. The molecule has 0 saturated carbocycles. The standard InChI is InChI=1S/C22H21N3O4/c1-3-29-21(26)17(19-10-6-7-11-23-19)14-25-20(22(27)28-2)12-15-13-24-18-9-5-4-8-16(15)18/h4-14,24-25H,3H2,1-2H3. The van der Waals surface area contributed by atoms with Crippen molar-refractivity contribution < 1.29 is 19.1 Å². The number of esters is 2. The van der Waals surface area contributed by atoms with E-state index in [0.717, 1.165) is 16.5 Å². The molecule has 0 fully saturated rings. The van der Waals surface area contributed by atoms with Crippen LogP contribution in [-0.2, 0) is 19.1 Å². The summed E-state index contributed by atoms with van der Waals surface area (Å²) >= 11 is 0. The average molecular weight is 391 g/mol. The molecule has 0 saturated heterocycles. The first-order valence-electron chi connectivity index (χ1n) is 9.05. The molecule has 0 aliphatic rings. The molecular weight excluding hydrogens is 370 g/mol. The number of nitrogens with zero attached hydrogens (tertiary/aromatic N) is 1. The molecule has 7 nitrogen and oxygen atoms in total. The number of aromatic amines is 1. The average Bonchev–Trinajstić information content (AvgIpc) is 3.16. The van der Waals surface area contributed by atoms with Crippen LogP contribution in [0.1, 0.15) is 18.2 Å². The predicted octanol–water partition coefficient (Wildman–Crippen LogP) is 3.27. The Morgan fingerprint density at radius 1 is 1.14 bits per heavy atom. The molecule has 29 heavy (non-hydrogen) atoms. The Bertz CT molecular complexity index is 1070. The van der Waals surface area contributed by atoms with Crippen molar-refractivity contribution in [1.82, 2.24) is 15.3 Å². The van der Waals surface area contributed by atoms with Gasteiger partial charge < -0.3 is 19.8 Å². The summed E-state index contributed by atoms with van der Waals surface area (Å²) < 4.78 is 9.99. The summed E-state index contributed by atoms with van der Waals surface area (Å²) in [6, 6.07) is 12.9. The van der Waals surface area contributed by atoms with E-state index in [-0.39, 0.29) is 17.9 Å². The third-order valence-electron chi connectivity index (χ3n) is 4.13. The number of carbonyl (C=O) groups is 2. The third kappa shape index (κ3) is 4.70. The molecule has 148 valence electrons. The maximum atomic E-state index is 12.4. The number of methoxy groups -OCH3 is 1. The van der Waals surface area contributed by atoms with Gasteiger partial charge in [-0.05, 0) is 31.2 Å². The minimum absolute atomic E-state index is 0.162. The number of H-pyrrole nitrogens is 1. The zero-order valence-electron chi connectivity index (χ0n) is 16.1. The van der Waals surface area contributed by atoms with Crippen LogP contribution in [0, 0.1) is 0 Å². The summed E-state index contributed by atoms with van der Waals surface area (Å²) in [4.78, 5) is 32.0. The van der Waals surface area contributed by atoms with Gasteiger partial charge in [-0.1, -0.05) is 24.3 Å². The van der Waals surface area contributed by atoms with Crippen molar-refractivity contribution in [2.75, 3.05) is 13.7 Å². The van der Waals surface area contributed by atoms with E-state index in [2.05, 4.69) is 15.3 Å². The Morgan fingerprint density at radius 3 is 2.66 bits per heavy atom. The first kappa shape index (κ1) is 19.9. The fourth-order valence-corrected chi connectivity index (χ4v) is 2.76. The zero-order valence-corrected chi connectivity index (χ0v) is 16.1. The SMILES string of the molecule is CCOC(=O)C(=CNC(=Cc1c[nH]c2ccccc12)C(=O)OC)c1ccccn1. The van der Waals surface area contributed by atoms with Crippen molar-refractivity contribution in [2.45, 2.75) is 6.92 Å². The van der Waals surface area contributed by atoms with Gasteiger partial charge >= 0.3 is 11.9 Å². The van der Waals surface area contributed by atoms with E-state index in [1.807, 2.05) is 24.3 Å². The van der Waals surface area contributed by atoms with Crippen molar-refractivity contribution in [3.63, 3.8) is 0 Å². The molecular formula is C22H21N3O4. The van der Waals surface area contributed by atoms with Crippen LogP contribution in [0.5, 0.6) is 0 Å². The van der Waals surface area contributed by atoms with Crippen LogP contribution in [0.4, 0.5) is 0 Å². The van der Waals surface area contributed by atoms with Crippen LogP contribution in [0.2, 0.25) is 0 Å². The van der Waals surface area contributed by atoms with E-state index >= 15 is 0 Å². The maximum absolute atomic E-state index is 12.4. The van der Waals surface area contributed by atoms with E-state index in [1.54, 1.807) is 43.6 Å². The molecule has 2 N–H and O–H groups in total. The van der Waals surface area contributed by atoms with Crippen molar-refractivity contribution >= 4 is 34.5 Å². The molecule has 0 atom stereocenters. The fourth-order valence-electron chi connectivity index (χ4n) is 2.76. The van der Waals surface area contributed by atoms with Gasteiger partial charge in [-0.3, -0.25) is 4.98 Å². The molecule has 0 radical (unpaired) electrons. The summed E-state index contributed by atoms with van der Waals surface area (Å²) in [5.74, 6) is -1.12. The molecule has 0 bridgehead atoms. The highest BCUT2D eigenvalue weighted by molar-refractivity contribution is 6.15. The number of benzene rings is 1. The Hall–Kier alpha value is -3.87. The molecule has 0 unspecified atom stereocenters. The number of ether oxygens (including phenoxy) is 2. The number of carbonyl (C=O) groups excluding carboxylic acids is 2. The molecule has 2 heterocycles. The third-order valence-corrected chi connectivity index (χ3v) is 4.13. The second-order valence-electron chi connectivity index (χ2n) is 5.98. The first-order valence-corrected chi connectivity index (χ1v) is 9.05. The second kappa shape index (κ2) is 9.36. The minimum atomic E-state index is -0.573. The van der Waals surface area contributed by atoms with E-state index in [0.29, 0.717) is 5.69 Å². The highest BCUT2D eigenvalue weighted by Gasteiger charge is 2.16. The van der Waals surface area contributed by atoms with Crippen molar-refractivity contribution in [1.29, 1.82) is 0 Å². The second-order valence-corrected chi connectivity index (χ2v) is 5.98. The van der Waals surface area contributed by atoms with Crippen LogP contribution < -0.4 is 5.32 Å². The van der Waals surface area contributed by atoms with Crippen LogP contribution in [0.25, 0.3) is 22.6 Å². The van der Waals surface area contributed by atoms with Crippen LogP contribution in [0.15, 0.2) is 66.8 Å². The molecule has 3 rings (SSSR count). The lowest BCUT2D eigenvalue weighted by Crippen LogP contribution is -2.19. The van der Waals surface area contributed by atoms with Crippen molar-refractivity contribution in [2.24, 2.45) is 0 Å². The Kier molecular flexibility index (Phi) is 6.42. The number of para-hydroxylation sites is 1. The van der Waals surface area contributed by atoms with Crippen LogP contribution in [0.3, 0.4) is 0 Å². The van der Waals surface area contributed by atoms with Gasteiger partial charge in [0, 0.05) is 35.1 Å². The van der Waals surface area contributed by atoms with Crippen molar-refractivity contribution in [3.05, 3.63) is 78.0 Å². The summed E-state index contributed by atoms with van der Waals surface area (Å²) in [6.45, 7) is 1.94. The Balaban J connectivity index is 1.98. The van der Waals surface area contributed by atoms with Gasteiger partial charge in [0.05, 0.1) is 19.4 Å². The normalized spacial score (nSPS) is 11.9. The summed E-state index contributed by atoms with van der Waals surface area (Å²) in [7, 11) is 1.29. The number of hydrogen-bond donors (Lipinski definition) is 2. The smallest absolute Gasteiger partial charge is 0.354 e. The monoisotopic (exact) mass is 391 g/mol. The van der Waals surface area contributed by atoms with Gasteiger partial charge in [-0.2, -0.15) is 0 Å². The minimum Gasteiger partial charge on any atom is -0.464 e. The largest absolute Gasteiger partial charge is 0.464 e. The maximum Gasteiger partial charge on any atom is 0.354 e. The lowest BCUT2D eigenvalue weighted by Gasteiger charge is -2.09. The Labute approximate surface area is 168 Å². The number of hydrogen-bond acceptors (Lipinski definition) is 6. The first-order chi connectivity index (χ1) is 14.1. The number of fused-ring (bicyclic) bond motifs is 1. The van der Waals surface area contributed by atoms with Crippen LogP contribution in [-0.4, -0.2) is 35.6 Å². The highest BCUT2D eigenvalue weighted by Crippen LogP contribution is 2.20. The predicted molar refractivity (Wildman–Crippen MR) is 110 cm³/mol. The van der Waals surface area contributed by atoms with Gasteiger partial charge in [0.25, 0.3) is 0 Å². The van der Waals surface area contributed by atoms with E-state index in [9.17, 15) is 9.59 Å². The summed E-state index contributed by atoms with van der Waals surface area (Å²) in [6.07, 6.45) is 6.43. The molecule has 7 heteroatoms. The molecule has 0 amide bonds. The lowest BCUT2D eigenvalue weighted by molar-refractivity contribution is -0.137. The van der Waals surface area contributed by atoms with Gasteiger partial charge in [0.1, 0.15) is 11.3 Å². The molecule has 0 aliphatic carbocycles. The topological polar surface area (TPSA) is 93.3 Å². The van der Waals surface area contributed by atoms with E-state index in [4.69, 9.17) is 9.47 Å². The van der Waals surface area contributed by atoms with Crippen molar-refractivity contribution in [3.8, 4) is 0 Å². The van der Waals surface area contributed by atoms with E-state index < -0.39 is 11.9 Å². The number of rotatable bonds is 7. The van der Waals surface area contributed by atoms with Gasteiger partial charge in [-0.15, -0.1) is 0 Å². The number of nitrogens with one attached hydrogen (secondary N) is 2. The molecule has 2 aromatic heterocycles. The molecule has 0 spiro atoms. The van der Waals surface area contributed by atoms with Gasteiger partial charge in [0.15, 0.2) is 0 Å². The lowest BCUT2D eigenvalue weighted by atomic mass is 10.1. The van der Waals surface area contributed by atoms with E-state index in [1.165, 1.54) is 13.3 Å². The number of aromatic nitrogens is 2. The quantitative estimate of drug-likeness (QED) is 0.474. The van der Waals surface area contributed by atoms with Gasteiger partial charge in [0.2, 0.25) is 0 Å². The number of pyridine rings is 1. The Morgan fingerprint density at radius 2 is 1.93 bits per heavy atom. The van der Waals surface area contributed by atoms with Gasteiger partial charge in [-0.25, -0.2) is 9.59 Å². The fraction of sp³-hybridized carbons (Fsp3) is 0.136. The molecule has 1 aromatic carbocycles. The summed E-state index contributed by atoms with van der Waals surface area (Å²) in [5, 5.41) is 3.83.